The van der Waals surface area contributed by atoms with E-state index < -0.39 is 11.9 Å². The third-order valence-corrected chi connectivity index (χ3v) is 4.91. The van der Waals surface area contributed by atoms with Crippen molar-refractivity contribution in [3.8, 4) is 11.5 Å². The maximum Gasteiger partial charge on any atom is 0.336 e. The van der Waals surface area contributed by atoms with Crippen molar-refractivity contribution in [2.75, 3.05) is 13.9 Å². The number of hydrogen-bond donors (Lipinski definition) is 1. The number of methoxy groups -OCH3 is 1. The summed E-state index contributed by atoms with van der Waals surface area (Å²) in [6.45, 7) is 2.02. The number of carbonyl (C=O) groups is 2. The van der Waals surface area contributed by atoms with Gasteiger partial charge in [0.2, 0.25) is 6.79 Å². The van der Waals surface area contributed by atoms with E-state index in [0.29, 0.717) is 29.1 Å². The summed E-state index contributed by atoms with van der Waals surface area (Å²) in [5, 5.41) is 3.25. The molecule has 1 aromatic carbocycles. The molecular weight excluding hydrogens is 322 g/mol. The first-order valence-electron chi connectivity index (χ1n) is 8.32. The Bertz CT molecular complexity index is 836. The second-order valence-corrected chi connectivity index (χ2v) is 6.37. The number of ketones is 1. The van der Waals surface area contributed by atoms with Crippen LogP contribution in [0.3, 0.4) is 0 Å². The molecule has 0 unspecified atom stereocenters. The van der Waals surface area contributed by atoms with Crippen molar-refractivity contribution in [3.05, 3.63) is 46.3 Å². The Morgan fingerprint density at radius 1 is 1.24 bits per heavy atom. The second-order valence-electron chi connectivity index (χ2n) is 6.37. The van der Waals surface area contributed by atoms with Gasteiger partial charge < -0.3 is 19.5 Å². The molecule has 6 nitrogen and oxygen atoms in total. The van der Waals surface area contributed by atoms with Crippen molar-refractivity contribution in [1.29, 1.82) is 0 Å². The number of hydrogen-bond acceptors (Lipinski definition) is 6. The van der Waals surface area contributed by atoms with Gasteiger partial charge in [-0.05, 0) is 37.5 Å². The van der Waals surface area contributed by atoms with E-state index in [1.54, 1.807) is 0 Å². The van der Waals surface area contributed by atoms with Crippen LogP contribution in [0.15, 0.2) is 40.7 Å². The molecule has 1 aromatic rings. The fourth-order valence-electron chi connectivity index (χ4n) is 3.79. The highest BCUT2D eigenvalue weighted by Gasteiger charge is 2.39. The molecule has 6 heteroatoms. The molecule has 25 heavy (non-hydrogen) atoms. The zero-order valence-electron chi connectivity index (χ0n) is 14.2. The van der Waals surface area contributed by atoms with Gasteiger partial charge in [-0.1, -0.05) is 6.07 Å². The SMILES string of the molecule is COC(=O)C1=C(C)NC2=C(C(=O)CCC2)[C@H]1c1ccc2c(c1)OCO2. The molecule has 3 aliphatic rings. The quantitative estimate of drug-likeness (QED) is 0.834. The molecule has 0 amide bonds. The van der Waals surface area contributed by atoms with E-state index in [0.717, 1.165) is 29.8 Å². The number of esters is 1. The maximum absolute atomic E-state index is 12.7. The van der Waals surface area contributed by atoms with Gasteiger partial charge in [0.15, 0.2) is 17.3 Å². The van der Waals surface area contributed by atoms with Crippen LogP contribution >= 0.6 is 0 Å². The average molecular weight is 341 g/mol. The van der Waals surface area contributed by atoms with Gasteiger partial charge in [-0.3, -0.25) is 4.79 Å². The van der Waals surface area contributed by atoms with Crippen LogP contribution < -0.4 is 14.8 Å². The van der Waals surface area contributed by atoms with E-state index in [9.17, 15) is 9.59 Å². The number of dihydropyridines is 1. The minimum absolute atomic E-state index is 0.0744. The van der Waals surface area contributed by atoms with Crippen molar-refractivity contribution in [2.45, 2.75) is 32.1 Å². The van der Waals surface area contributed by atoms with Crippen molar-refractivity contribution in [1.82, 2.24) is 5.32 Å². The largest absolute Gasteiger partial charge is 0.466 e. The number of nitrogens with one attached hydrogen (secondary N) is 1. The Labute approximate surface area is 145 Å². The van der Waals surface area contributed by atoms with Crippen LogP contribution in [-0.2, 0) is 14.3 Å². The zero-order valence-corrected chi connectivity index (χ0v) is 14.2. The van der Waals surface area contributed by atoms with E-state index in [-0.39, 0.29) is 12.6 Å². The van der Waals surface area contributed by atoms with E-state index >= 15 is 0 Å². The van der Waals surface area contributed by atoms with Crippen molar-refractivity contribution in [2.24, 2.45) is 0 Å². The van der Waals surface area contributed by atoms with Gasteiger partial charge >= 0.3 is 5.97 Å². The van der Waals surface area contributed by atoms with Gasteiger partial charge in [-0.25, -0.2) is 4.79 Å². The van der Waals surface area contributed by atoms with E-state index in [1.807, 2.05) is 25.1 Å². The van der Waals surface area contributed by atoms with Gasteiger partial charge in [-0.2, -0.15) is 0 Å². The number of allylic oxidation sites excluding steroid dienone is 3. The first kappa shape index (κ1) is 15.7. The predicted octanol–water partition coefficient (Wildman–Crippen LogP) is 2.56. The van der Waals surface area contributed by atoms with Gasteiger partial charge in [-0.15, -0.1) is 0 Å². The van der Waals surface area contributed by atoms with Crippen LogP contribution in [0.1, 0.15) is 37.7 Å². The normalized spacial score (nSPS) is 21.8. The van der Waals surface area contributed by atoms with Gasteiger partial charge in [0.25, 0.3) is 0 Å². The number of ether oxygens (including phenoxy) is 3. The molecule has 2 aliphatic heterocycles. The van der Waals surface area contributed by atoms with Crippen LogP contribution in [-0.4, -0.2) is 25.7 Å². The molecule has 1 N–H and O–H groups in total. The van der Waals surface area contributed by atoms with Crippen molar-refractivity contribution < 1.29 is 23.8 Å². The molecular formula is C19H19NO5. The van der Waals surface area contributed by atoms with Gasteiger partial charge in [0.1, 0.15) is 0 Å². The Balaban J connectivity index is 1.88. The molecule has 0 aromatic heterocycles. The smallest absolute Gasteiger partial charge is 0.336 e. The molecule has 0 bridgehead atoms. The molecule has 1 atom stereocenters. The number of fused-ring (bicyclic) bond motifs is 1. The summed E-state index contributed by atoms with van der Waals surface area (Å²) >= 11 is 0. The number of carbonyl (C=O) groups excluding carboxylic acids is 2. The van der Waals surface area contributed by atoms with Crippen molar-refractivity contribution >= 4 is 11.8 Å². The standard InChI is InChI=1S/C19H19NO5/c1-10-16(19(22)23-2)17(18-12(20-10)4-3-5-13(18)21)11-6-7-14-15(8-11)25-9-24-14/h6-8,17,20H,3-5,9H2,1-2H3/t17-/m0/s1. The van der Waals surface area contributed by atoms with E-state index in [2.05, 4.69) is 5.32 Å². The molecule has 0 radical (unpaired) electrons. The Hall–Kier alpha value is -2.76. The molecule has 130 valence electrons. The lowest BCUT2D eigenvalue weighted by Crippen LogP contribution is -2.34. The first-order chi connectivity index (χ1) is 12.1. The van der Waals surface area contributed by atoms with Crippen LogP contribution in [0.4, 0.5) is 0 Å². The Kier molecular flexibility index (Phi) is 3.75. The highest BCUT2D eigenvalue weighted by atomic mass is 16.7. The lowest BCUT2D eigenvalue weighted by atomic mass is 9.75. The summed E-state index contributed by atoms with van der Waals surface area (Å²) < 4.78 is 15.8. The maximum atomic E-state index is 12.7. The summed E-state index contributed by atoms with van der Waals surface area (Å²) in [7, 11) is 1.35. The molecule has 0 spiro atoms. The van der Waals surface area contributed by atoms with Crippen LogP contribution in [0.25, 0.3) is 0 Å². The summed E-state index contributed by atoms with van der Waals surface area (Å²) in [6, 6.07) is 5.55. The summed E-state index contributed by atoms with van der Waals surface area (Å²) in [5.74, 6) is 0.486. The topological polar surface area (TPSA) is 73.9 Å². The molecule has 0 fully saturated rings. The lowest BCUT2D eigenvalue weighted by molar-refractivity contribution is -0.136. The third kappa shape index (κ3) is 2.49. The minimum atomic E-state index is -0.453. The average Bonchev–Trinajstić information content (AvgIpc) is 3.07. The molecule has 1 aliphatic carbocycles. The number of Topliss-reactive ketones (excluding diaryl/α,β-unsaturated/α-hetero) is 1. The summed E-state index contributed by atoms with van der Waals surface area (Å²) in [5.41, 5.74) is 3.59. The molecule has 0 saturated carbocycles. The number of benzene rings is 1. The summed E-state index contributed by atoms with van der Waals surface area (Å²) in [6.07, 6.45) is 2.11. The first-order valence-corrected chi connectivity index (χ1v) is 8.32. The Morgan fingerprint density at radius 3 is 2.84 bits per heavy atom. The molecule has 4 rings (SSSR count). The zero-order chi connectivity index (χ0) is 17.6. The third-order valence-electron chi connectivity index (χ3n) is 4.91. The fourth-order valence-corrected chi connectivity index (χ4v) is 3.79. The van der Waals surface area contributed by atoms with Crippen LogP contribution in [0, 0.1) is 0 Å². The highest BCUT2D eigenvalue weighted by molar-refractivity contribution is 6.03. The van der Waals surface area contributed by atoms with Crippen molar-refractivity contribution in [3.63, 3.8) is 0 Å². The highest BCUT2D eigenvalue weighted by Crippen LogP contribution is 2.45. The lowest BCUT2D eigenvalue weighted by Gasteiger charge is -2.34. The number of rotatable bonds is 2. The summed E-state index contributed by atoms with van der Waals surface area (Å²) in [4.78, 5) is 25.1. The van der Waals surface area contributed by atoms with E-state index in [4.69, 9.17) is 14.2 Å². The predicted molar refractivity (Wildman–Crippen MR) is 89.0 cm³/mol. The second kappa shape index (κ2) is 5.95. The fraction of sp³-hybridized carbons (Fsp3) is 0.368. The van der Waals surface area contributed by atoms with E-state index in [1.165, 1.54) is 7.11 Å². The van der Waals surface area contributed by atoms with Crippen LogP contribution in [0.2, 0.25) is 0 Å². The molecule has 2 heterocycles. The Morgan fingerprint density at radius 2 is 2.04 bits per heavy atom. The minimum Gasteiger partial charge on any atom is -0.466 e. The van der Waals surface area contributed by atoms with Gasteiger partial charge in [0.05, 0.1) is 12.7 Å². The van der Waals surface area contributed by atoms with Crippen LogP contribution in [0.5, 0.6) is 11.5 Å². The van der Waals surface area contributed by atoms with Gasteiger partial charge in [0, 0.05) is 29.3 Å². The molecule has 0 saturated heterocycles. The monoisotopic (exact) mass is 341 g/mol.